The van der Waals surface area contributed by atoms with Crippen LogP contribution in [0.2, 0.25) is 0 Å². The van der Waals surface area contributed by atoms with Gasteiger partial charge in [0.2, 0.25) is 0 Å². The van der Waals surface area contributed by atoms with E-state index in [0.717, 1.165) is 43.5 Å². The van der Waals surface area contributed by atoms with Gasteiger partial charge in [0.25, 0.3) is 10.1 Å². The summed E-state index contributed by atoms with van der Waals surface area (Å²) in [5, 5.41) is 0. The highest BCUT2D eigenvalue weighted by Crippen LogP contribution is 2.19. The average Bonchev–Trinajstić information content (AvgIpc) is 2.55. The second kappa shape index (κ2) is 11.8. The van der Waals surface area contributed by atoms with Crippen LogP contribution >= 0.6 is 0 Å². The van der Waals surface area contributed by atoms with E-state index in [2.05, 4.69) is 19.0 Å². The summed E-state index contributed by atoms with van der Waals surface area (Å²) in [5.74, 6) is -0.307. The van der Waals surface area contributed by atoms with Gasteiger partial charge in [-0.25, -0.2) is 8.42 Å². The zero-order valence-corrected chi connectivity index (χ0v) is 19.0. The maximum absolute atomic E-state index is 10.5. The highest BCUT2D eigenvalue weighted by molar-refractivity contribution is 7.85. The minimum atomic E-state index is -4.01. The second-order valence-corrected chi connectivity index (χ2v) is 11.6. The first-order valence-corrected chi connectivity index (χ1v) is 13.5. The summed E-state index contributed by atoms with van der Waals surface area (Å²) >= 11 is 0. The Balaban J connectivity index is 0.000000280. The minimum absolute atomic E-state index is 0.0999. The lowest BCUT2D eigenvalue weighted by Gasteiger charge is -2.37. The molecule has 2 saturated heterocycles. The highest BCUT2D eigenvalue weighted by atomic mass is 32.2. The lowest BCUT2D eigenvalue weighted by atomic mass is 9.99. The zero-order chi connectivity index (χ0) is 21.3. The quantitative estimate of drug-likeness (QED) is 0.449. The molecule has 0 radical (unpaired) electrons. The third-order valence-electron chi connectivity index (χ3n) is 5.85. The Morgan fingerprint density at radius 3 is 2.18 bits per heavy atom. The predicted octanol–water partition coefficient (Wildman–Crippen LogP) is 1.69. The molecule has 0 amide bonds. The van der Waals surface area contributed by atoms with Crippen LogP contribution in [0.3, 0.4) is 0 Å². The third kappa shape index (κ3) is 12.3. The number of rotatable bonds is 8. The van der Waals surface area contributed by atoms with Crippen molar-refractivity contribution in [3.63, 3.8) is 0 Å². The number of nitrogens with zero attached hydrogens (tertiary/aromatic N) is 2. The molecule has 2 aliphatic rings. The van der Waals surface area contributed by atoms with Crippen molar-refractivity contribution in [3.8, 4) is 0 Å². The van der Waals surface area contributed by atoms with Crippen LogP contribution in [0.1, 0.15) is 57.8 Å². The summed E-state index contributed by atoms with van der Waals surface area (Å²) in [7, 11) is -3.54. The number of piperidine rings is 2. The summed E-state index contributed by atoms with van der Waals surface area (Å²) < 4.78 is 61.7. The molecule has 28 heavy (non-hydrogen) atoms. The summed E-state index contributed by atoms with van der Waals surface area (Å²) in [6.07, 6.45) is 9.30. The fourth-order valence-corrected chi connectivity index (χ4v) is 5.15. The van der Waals surface area contributed by atoms with E-state index in [-0.39, 0.29) is 11.5 Å². The van der Waals surface area contributed by atoms with Crippen LogP contribution in [0, 0.1) is 0 Å². The average molecular weight is 443 g/mol. The first-order chi connectivity index (χ1) is 12.9. The van der Waals surface area contributed by atoms with E-state index in [1.807, 2.05) is 0 Å². The van der Waals surface area contributed by atoms with Gasteiger partial charge in [0.15, 0.2) is 0 Å². The fourth-order valence-electron chi connectivity index (χ4n) is 4.13. The Kier molecular flexibility index (Phi) is 10.9. The molecule has 1 unspecified atom stereocenters. The monoisotopic (exact) mass is 442 g/mol. The van der Waals surface area contributed by atoms with Crippen molar-refractivity contribution >= 4 is 20.2 Å². The highest BCUT2D eigenvalue weighted by Gasteiger charge is 2.24. The molecule has 10 heteroatoms. The standard InChI is InChI=1S/2C9H19NO3S/c1-10-7-3-2-5-9(10)6-4-8-14(11,12)13;1-10(6-3-2-4-7-10)8-5-9-14(11,12)13/h9H,2-8H2,1H3,(H,11,12,13);2-9H2,1H3. The van der Waals surface area contributed by atoms with Gasteiger partial charge in [-0.05, 0) is 58.5 Å². The maximum atomic E-state index is 10.5. The lowest BCUT2D eigenvalue weighted by molar-refractivity contribution is -0.914. The van der Waals surface area contributed by atoms with Gasteiger partial charge in [0.1, 0.15) is 0 Å². The summed E-state index contributed by atoms with van der Waals surface area (Å²) in [4.78, 5) is 2.29. The van der Waals surface area contributed by atoms with Crippen molar-refractivity contribution in [1.82, 2.24) is 4.90 Å². The van der Waals surface area contributed by atoms with Gasteiger partial charge in [0.05, 0.1) is 42.6 Å². The van der Waals surface area contributed by atoms with Crippen molar-refractivity contribution in [1.29, 1.82) is 0 Å². The van der Waals surface area contributed by atoms with Crippen molar-refractivity contribution in [2.24, 2.45) is 0 Å². The molecular formula is C18H38N2O6S2. The molecule has 0 aromatic rings. The van der Waals surface area contributed by atoms with Crippen LogP contribution in [0.4, 0.5) is 0 Å². The summed E-state index contributed by atoms with van der Waals surface area (Å²) in [6, 6.07) is 0.505. The fraction of sp³-hybridized carbons (Fsp3) is 1.00. The molecule has 8 nitrogen and oxygen atoms in total. The third-order valence-corrected chi connectivity index (χ3v) is 7.44. The van der Waals surface area contributed by atoms with Gasteiger partial charge in [-0.15, -0.1) is 0 Å². The zero-order valence-electron chi connectivity index (χ0n) is 17.4. The minimum Gasteiger partial charge on any atom is -0.748 e. The molecule has 2 heterocycles. The van der Waals surface area contributed by atoms with Crippen LogP contribution < -0.4 is 0 Å². The number of likely N-dealkylation sites (tertiary alicyclic amines) is 2. The van der Waals surface area contributed by atoms with E-state index >= 15 is 0 Å². The molecule has 0 aromatic carbocycles. The Labute approximate surface area is 171 Å². The van der Waals surface area contributed by atoms with Gasteiger partial charge in [-0.2, -0.15) is 8.42 Å². The van der Waals surface area contributed by atoms with Gasteiger partial charge >= 0.3 is 0 Å². The van der Waals surface area contributed by atoms with E-state index in [9.17, 15) is 21.4 Å². The number of quaternary nitrogens is 1. The Morgan fingerprint density at radius 1 is 1.00 bits per heavy atom. The van der Waals surface area contributed by atoms with E-state index in [1.165, 1.54) is 32.1 Å². The smallest absolute Gasteiger partial charge is 0.264 e. The van der Waals surface area contributed by atoms with Crippen molar-refractivity contribution in [3.05, 3.63) is 0 Å². The van der Waals surface area contributed by atoms with Gasteiger partial charge < -0.3 is 13.9 Å². The second-order valence-electron chi connectivity index (χ2n) is 8.52. The molecule has 2 fully saturated rings. The van der Waals surface area contributed by atoms with E-state index in [1.54, 1.807) is 0 Å². The molecule has 0 spiro atoms. The first-order valence-electron chi connectivity index (χ1n) is 10.3. The van der Waals surface area contributed by atoms with E-state index < -0.39 is 20.2 Å². The Morgan fingerprint density at radius 2 is 1.64 bits per heavy atom. The molecule has 168 valence electrons. The molecule has 0 saturated carbocycles. The first kappa shape index (κ1) is 25.8. The van der Waals surface area contributed by atoms with Crippen molar-refractivity contribution in [2.45, 2.75) is 63.8 Å². The van der Waals surface area contributed by atoms with Crippen LogP contribution in [-0.4, -0.2) is 93.1 Å². The molecule has 1 N–H and O–H groups in total. The molecule has 0 bridgehead atoms. The molecule has 0 aromatic heterocycles. The SMILES string of the molecule is CN1CCCCC1CCCS(=O)(=O)O.C[N+]1(CCCS(=O)(=O)[O-])CCCCC1. The van der Waals surface area contributed by atoms with Crippen molar-refractivity contribution < 1.29 is 30.4 Å². The Bertz CT molecular complexity index is 645. The van der Waals surface area contributed by atoms with Gasteiger partial charge in [-0.1, -0.05) is 6.42 Å². The number of hydrogen-bond acceptors (Lipinski definition) is 6. The Hall–Kier alpha value is -0.260. The van der Waals surface area contributed by atoms with Gasteiger partial charge in [0, 0.05) is 18.2 Å². The van der Waals surface area contributed by atoms with Crippen LogP contribution in [-0.2, 0) is 20.2 Å². The molecule has 2 rings (SSSR count). The lowest BCUT2D eigenvalue weighted by Crippen LogP contribution is -2.48. The predicted molar refractivity (Wildman–Crippen MR) is 110 cm³/mol. The molecule has 2 aliphatic heterocycles. The summed E-state index contributed by atoms with van der Waals surface area (Å²) in [6.45, 7) is 4.18. The van der Waals surface area contributed by atoms with Crippen LogP contribution in [0.15, 0.2) is 0 Å². The normalized spacial score (nSPS) is 23.6. The van der Waals surface area contributed by atoms with Crippen LogP contribution in [0.25, 0.3) is 0 Å². The maximum Gasteiger partial charge on any atom is 0.264 e. The van der Waals surface area contributed by atoms with E-state index in [0.29, 0.717) is 18.9 Å². The largest absolute Gasteiger partial charge is 0.748 e. The number of hydrogen-bond donors (Lipinski definition) is 1. The molecular weight excluding hydrogens is 404 g/mol. The topological polar surface area (TPSA) is 115 Å². The summed E-state index contributed by atoms with van der Waals surface area (Å²) in [5.41, 5.74) is 0. The molecule has 1 atom stereocenters. The van der Waals surface area contributed by atoms with E-state index in [4.69, 9.17) is 4.55 Å². The molecule has 0 aliphatic carbocycles. The van der Waals surface area contributed by atoms with Crippen LogP contribution in [0.5, 0.6) is 0 Å². The van der Waals surface area contributed by atoms with Gasteiger partial charge in [-0.3, -0.25) is 4.55 Å². The van der Waals surface area contributed by atoms with Crippen molar-refractivity contribution in [2.75, 3.05) is 51.8 Å².